The van der Waals surface area contributed by atoms with Crippen LogP contribution in [0.2, 0.25) is 0 Å². The van der Waals surface area contributed by atoms with Gasteiger partial charge in [0.05, 0.1) is 22.1 Å². The Morgan fingerprint density at radius 3 is 1.39 bits per heavy atom. The van der Waals surface area contributed by atoms with Gasteiger partial charge in [-0.3, -0.25) is 4.98 Å². The largest absolute Gasteiger partial charge is 0.456 e. The van der Waals surface area contributed by atoms with Gasteiger partial charge in [0.15, 0.2) is 0 Å². The van der Waals surface area contributed by atoms with Gasteiger partial charge < -0.3 is 18.0 Å². The highest BCUT2D eigenvalue weighted by Crippen LogP contribution is 2.40. The second kappa shape index (κ2) is 34.5. The van der Waals surface area contributed by atoms with Crippen molar-refractivity contribution in [1.29, 1.82) is 0 Å². The van der Waals surface area contributed by atoms with Gasteiger partial charge >= 0.3 is 0 Å². The van der Waals surface area contributed by atoms with Crippen molar-refractivity contribution in [2.45, 2.75) is 55.4 Å². The van der Waals surface area contributed by atoms with Gasteiger partial charge in [-0.1, -0.05) is 309 Å². The van der Waals surface area contributed by atoms with Crippen LogP contribution in [0.5, 0.6) is 0 Å². The van der Waals surface area contributed by atoms with Gasteiger partial charge in [0.1, 0.15) is 22.3 Å². The zero-order chi connectivity index (χ0) is 82.5. The summed E-state index contributed by atoms with van der Waals surface area (Å²) in [5.74, 6) is 0. The molecule has 0 saturated carbocycles. The minimum Gasteiger partial charge on any atom is -0.456 e. The standard InChI is InChI=1S/2C19H15N.C17H12.C15H12.2C13H10O.C13H10S.C6H7N/c1-14-8-7-13-18-19(14)16-11-5-6-12-17(16)20(18)15-9-3-2-4-10-15;1-14-11-12-19-17(13-14)16-9-5-6-10-18(16)20(19)15-7-3-2-4-8-15;1-11-5-6-14-8-7-12-3-2-4-13-9-10-15(11)17(14)16(12)13;1-11-10-12-6-2-3-8-14(12)15-9-5-4-7-13(11)15;1-9-5-4-7-11-10-6-2-3-8-12(10)14-13(9)11;2*1-9-6-7-11-10-4-2-3-5-12(10)14-13(11)8-9;1-6-4-2-3-5-7-6/h2*2-13H,1H3;2-10H,1H3;2-10H,1H3;3*2-8H,1H3;2-5H,1H3. The number of fused-ring (bicyclic) bond motifs is 18. The molecule has 0 bridgehead atoms. The van der Waals surface area contributed by atoms with Crippen molar-refractivity contribution in [3.05, 3.63) is 451 Å². The first-order valence-corrected chi connectivity index (χ1v) is 42.3. The summed E-state index contributed by atoms with van der Waals surface area (Å²) < 4.78 is 19.0. The molecule has 0 radical (unpaired) electrons. The lowest BCUT2D eigenvalue weighted by Gasteiger charge is -2.11. The molecule has 25 aromatic rings. The lowest BCUT2D eigenvalue weighted by Crippen LogP contribution is -1.92. The van der Waals surface area contributed by atoms with E-state index >= 15 is 0 Å². The number of pyridine rings is 1. The SMILES string of the molecule is Cc1cc2ccccc2c2ccccc12.Cc1ccc2c(c1)c1ccccc1n2-c1ccccc1.Cc1ccc2c(c1)oc1ccccc12.Cc1ccc2c(c1)sc1ccccc12.Cc1ccc2ccc3cccc4ccc1c2c34.Cc1cccc2c1c1ccccc1n2-c1ccccc1.Cc1cccc2c1oc1ccccc12.Cc1ccccn1. The molecule has 0 atom stereocenters. The number of rotatable bonds is 2. The number of nitrogens with zero attached hydrogens (tertiary/aromatic N) is 3. The molecule has 5 nitrogen and oxygen atoms in total. The van der Waals surface area contributed by atoms with E-state index in [2.05, 4.69) is 408 Å². The summed E-state index contributed by atoms with van der Waals surface area (Å²) in [6.07, 6.45) is 1.79. The Morgan fingerprint density at radius 2 is 0.686 bits per heavy atom. The van der Waals surface area contributed by atoms with Crippen LogP contribution in [-0.2, 0) is 0 Å². The highest BCUT2D eigenvalue weighted by atomic mass is 32.1. The van der Waals surface area contributed by atoms with Gasteiger partial charge in [0.2, 0.25) is 0 Å². The van der Waals surface area contributed by atoms with E-state index in [1.54, 1.807) is 6.20 Å². The number of furan rings is 2. The molecule has 121 heavy (non-hydrogen) atoms. The number of aryl methyl sites for hydroxylation is 8. The van der Waals surface area contributed by atoms with E-state index in [-0.39, 0.29) is 0 Å². The number of benzene rings is 19. The van der Waals surface area contributed by atoms with Crippen LogP contribution in [0.4, 0.5) is 0 Å². The van der Waals surface area contributed by atoms with Crippen molar-refractivity contribution < 1.29 is 8.83 Å². The molecule has 0 saturated heterocycles. The molecule has 0 fully saturated rings. The van der Waals surface area contributed by atoms with Gasteiger partial charge in [-0.25, -0.2) is 0 Å². The van der Waals surface area contributed by atoms with Gasteiger partial charge in [-0.15, -0.1) is 11.3 Å². The molecular weight excluding hydrogens is 1490 g/mol. The van der Waals surface area contributed by atoms with Crippen LogP contribution in [0.15, 0.2) is 415 Å². The molecule has 6 aromatic heterocycles. The predicted octanol–water partition coefficient (Wildman–Crippen LogP) is 32.9. The van der Waals surface area contributed by atoms with Crippen LogP contribution in [0.3, 0.4) is 0 Å². The second-order valence-corrected chi connectivity index (χ2v) is 32.4. The fourth-order valence-electron chi connectivity index (χ4n) is 17.1. The average Bonchev–Trinajstić information content (AvgIpc) is 1.60. The van der Waals surface area contributed by atoms with Gasteiger partial charge in [0.25, 0.3) is 0 Å². The van der Waals surface area contributed by atoms with Crippen molar-refractivity contribution >= 4 is 173 Å². The first-order valence-electron chi connectivity index (χ1n) is 41.5. The summed E-state index contributed by atoms with van der Waals surface area (Å²) in [4.78, 5) is 3.98. The zero-order valence-corrected chi connectivity index (χ0v) is 70.1. The van der Waals surface area contributed by atoms with Crippen molar-refractivity contribution in [1.82, 2.24) is 14.1 Å². The minimum absolute atomic E-state index is 0.966. The Bertz CT molecular complexity index is 7870. The third-order valence-corrected chi connectivity index (χ3v) is 24.1. The minimum atomic E-state index is 0.966. The molecule has 0 aliphatic rings. The molecule has 0 amide bonds. The van der Waals surface area contributed by atoms with Crippen LogP contribution >= 0.6 is 11.3 Å². The molecule has 6 heteroatoms. The highest BCUT2D eigenvalue weighted by molar-refractivity contribution is 7.25. The Labute approximate surface area is 708 Å². The third-order valence-electron chi connectivity index (χ3n) is 23.0. The molecular formula is C115H91N3O2S. The fourth-order valence-corrected chi connectivity index (χ4v) is 18.3. The topological polar surface area (TPSA) is 49.0 Å². The summed E-state index contributed by atoms with van der Waals surface area (Å²) in [5.41, 5.74) is 21.6. The van der Waals surface area contributed by atoms with Gasteiger partial charge in [-0.05, 0) is 240 Å². The summed E-state index contributed by atoms with van der Waals surface area (Å²) in [6.45, 7) is 17.0. The van der Waals surface area contributed by atoms with Crippen molar-refractivity contribution in [3.8, 4) is 11.4 Å². The van der Waals surface area contributed by atoms with E-state index in [9.17, 15) is 0 Å². The average molecular weight is 1580 g/mol. The predicted molar refractivity (Wildman–Crippen MR) is 522 cm³/mol. The summed E-state index contributed by atoms with van der Waals surface area (Å²) in [6, 6.07) is 141. The molecule has 584 valence electrons. The number of aromatic nitrogens is 3. The van der Waals surface area contributed by atoms with Crippen molar-refractivity contribution in [3.63, 3.8) is 0 Å². The van der Waals surface area contributed by atoms with E-state index in [0.29, 0.717) is 0 Å². The maximum atomic E-state index is 5.78. The van der Waals surface area contributed by atoms with Crippen LogP contribution in [0.25, 0.3) is 173 Å². The number of hydrogen-bond donors (Lipinski definition) is 0. The van der Waals surface area contributed by atoms with Crippen LogP contribution in [0.1, 0.15) is 44.6 Å². The molecule has 6 heterocycles. The van der Waals surface area contributed by atoms with E-state index in [1.165, 1.54) is 190 Å². The molecule has 0 aliphatic carbocycles. The Morgan fingerprint density at radius 1 is 0.223 bits per heavy atom. The highest BCUT2D eigenvalue weighted by Gasteiger charge is 2.16. The van der Waals surface area contributed by atoms with Gasteiger partial charge in [0, 0.05) is 86.5 Å². The van der Waals surface area contributed by atoms with Gasteiger partial charge in [-0.2, -0.15) is 0 Å². The van der Waals surface area contributed by atoms with E-state index < -0.39 is 0 Å². The van der Waals surface area contributed by atoms with Crippen LogP contribution < -0.4 is 0 Å². The fraction of sp³-hybridized carbons (Fsp3) is 0.0696. The molecule has 25 rings (SSSR count). The number of para-hydroxylation sites is 7. The summed E-state index contributed by atoms with van der Waals surface area (Å²) in [5, 5.41) is 26.5. The lowest BCUT2D eigenvalue weighted by molar-refractivity contribution is 0.666. The molecule has 0 unspecified atom stereocenters. The first kappa shape index (κ1) is 77.5. The van der Waals surface area contributed by atoms with E-state index in [4.69, 9.17) is 8.83 Å². The number of thiophene rings is 1. The van der Waals surface area contributed by atoms with E-state index in [0.717, 1.165) is 28.0 Å². The lowest BCUT2D eigenvalue weighted by atomic mass is 9.92. The second-order valence-electron chi connectivity index (χ2n) is 31.3. The monoisotopic (exact) mass is 1580 g/mol. The summed E-state index contributed by atoms with van der Waals surface area (Å²) in [7, 11) is 0. The van der Waals surface area contributed by atoms with E-state index in [1.807, 2.05) is 72.9 Å². The molecule has 19 aromatic carbocycles. The zero-order valence-electron chi connectivity index (χ0n) is 69.2. The Balaban J connectivity index is 0.0000000957. The third kappa shape index (κ3) is 15.8. The number of hydrogen-bond acceptors (Lipinski definition) is 4. The summed E-state index contributed by atoms with van der Waals surface area (Å²) >= 11 is 1.88. The molecule has 0 N–H and O–H groups in total. The van der Waals surface area contributed by atoms with Crippen LogP contribution in [-0.4, -0.2) is 14.1 Å². The molecule has 0 aliphatic heterocycles. The molecule has 0 spiro atoms. The smallest absolute Gasteiger partial charge is 0.138 e. The maximum absolute atomic E-state index is 5.78. The maximum Gasteiger partial charge on any atom is 0.138 e. The normalized spacial score (nSPS) is 11.1. The quantitative estimate of drug-likeness (QED) is 0.162. The Hall–Kier alpha value is -14.7. The van der Waals surface area contributed by atoms with Crippen molar-refractivity contribution in [2.24, 2.45) is 0 Å². The first-order chi connectivity index (χ1) is 59.3. The van der Waals surface area contributed by atoms with Crippen LogP contribution in [0, 0.1) is 55.4 Å². The Kier molecular flexibility index (Phi) is 22.1. The van der Waals surface area contributed by atoms with Crippen molar-refractivity contribution in [2.75, 3.05) is 0 Å².